The van der Waals surface area contributed by atoms with Gasteiger partial charge < -0.3 is 15.2 Å². The van der Waals surface area contributed by atoms with Gasteiger partial charge in [-0.3, -0.25) is 0 Å². The van der Waals surface area contributed by atoms with Crippen LogP contribution in [0, 0.1) is 5.82 Å². The first-order valence-electron chi connectivity index (χ1n) is 7.12. The third kappa shape index (κ3) is 5.35. The maximum Gasteiger partial charge on any atom is 0.408 e. The molecule has 0 aliphatic heterocycles. The third-order valence-electron chi connectivity index (χ3n) is 3.08. The van der Waals surface area contributed by atoms with Crippen molar-refractivity contribution in [2.24, 2.45) is 0 Å². The summed E-state index contributed by atoms with van der Waals surface area (Å²) in [4.78, 5) is 23.3. The van der Waals surface area contributed by atoms with Crippen LogP contribution >= 0.6 is 0 Å². The van der Waals surface area contributed by atoms with Crippen LogP contribution in [0.1, 0.15) is 45.6 Å². The van der Waals surface area contributed by atoms with E-state index in [2.05, 4.69) is 5.32 Å². The highest BCUT2D eigenvalue weighted by Crippen LogP contribution is 2.24. The highest BCUT2D eigenvalue weighted by Gasteiger charge is 2.31. The van der Waals surface area contributed by atoms with E-state index in [-0.39, 0.29) is 0 Å². The van der Waals surface area contributed by atoms with Crippen LogP contribution in [0.3, 0.4) is 0 Å². The first-order chi connectivity index (χ1) is 10.1. The molecule has 0 bridgehead atoms. The molecule has 0 radical (unpaired) electrons. The number of carboxylic acid groups (broad SMARTS) is 1. The van der Waals surface area contributed by atoms with E-state index in [4.69, 9.17) is 4.74 Å². The fourth-order valence-electron chi connectivity index (χ4n) is 2.14. The molecule has 0 saturated carbocycles. The average Bonchev–Trinajstić information content (AvgIpc) is 2.38. The van der Waals surface area contributed by atoms with Gasteiger partial charge in [-0.25, -0.2) is 14.0 Å². The van der Waals surface area contributed by atoms with Crippen LogP contribution in [-0.2, 0) is 9.53 Å². The van der Waals surface area contributed by atoms with Crippen molar-refractivity contribution in [3.63, 3.8) is 0 Å². The maximum absolute atomic E-state index is 13.0. The number of nitrogens with one attached hydrogen (secondary N) is 1. The lowest BCUT2D eigenvalue weighted by Crippen LogP contribution is -2.46. The summed E-state index contributed by atoms with van der Waals surface area (Å²) in [5.41, 5.74) is -0.0718. The molecule has 0 aromatic heterocycles. The summed E-state index contributed by atoms with van der Waals surface area (Å²) in [5, 5.41) is 11.8. The summed E-state index contributed by atoms with van der Waals surface area (Å²) in [5.74, 6) is -2.04. The molecular weight excluding hydrogens is 289 g/mol. The zero-order valence-corrected chi connectivity index (χ0v) is 13.2. The molecule has 0 saturated heterocycles. The second-order valence-corrected chi connectivity index (χ2v) is 6.03. The molecule has 22 heavy (non-hydrogen) atoms. The monoisotopic (exact) mass is 311 g/mol. The summed E-state index contributed by atoms with van der Waals surface area (Å²) >= 11 is 0. The third-order valence-corrected chi connectivity index (χ3v) is 3.08. The highest BCUT2D eigenvalue weighted by atomic mass is 19.1. The average molecular weight is 311 g/mol. The first-order valence-corrected chi connectivity index (χ1v) is 7.12. The number of carboxylic acids is 1. The van der Waals surface area contributed by atoms with Gasteiger partial charge in [0.1, 0.15) is 17.5 Å². The Morgan fingerprint density at radius 2 is 1.82 bits per heavy atom. The molecule has 1 rings (SSSR count). The predicted octanol–water partition coefficient (Wildman–Crippen LogP) is 3.30. The zero-order valence-electron chi connectivity index (χ0n) is 13.2. The van der Waals surface area contributed by atoms with E-state index in [0.717, 1.165) is 0 Å². The predicted molar refractivity (Wildman–Crippen MR) is 80.2 cm³/mol. The van der Waals surface area contributed by atoms with Crippen LogP contribution < -0.4 is 5.32 Å². The quantitative estimate of drug-likeness (QED) is 0.875. The van der Waals surface area contributed by atoms with E-state index < -0.39 is 35.4 Å². The van der Waals surface area contributed by atoms with Gasteiger partial charge in [-0.1, -0.05) is 19.1 Å². The second-order valence-electron chi connectivity index (χ2n) is 6.03. The lowest BCUT2D eigenvalue weighted by molar-refractivity contribution is -0.140. The number of carbonyl (C=O) groups excluding carboxylic acids is 1. The molecule has 0 heterocycles. The molecular formula is C16H22FNO4. The standard InChI is InChI=1S/C16H22FNO4/c1-5-12(10-6-8-11(17)9-7-10)13(14(19)20)18-15(21)22-16(2,3)4/h6-9,12-13H,5H2,1-4H3,(H,18,21)(H,19,20)/t12-,13-/m0/s1. The van der Waals surface area contributed by atoms with Crippen LogP contribution in [0.5, 0.6) is 0 Å². The van der Waals surface area contributed by atoms with E-state index in [1.54, 1.807) is 27.7 Å². The van der Waals surface area contributed by atoms with Gasteiger partial charge in [0.05, 0.1) is 0 Å². The number of alkyl carbamates (subject to hydrolysis) is 1. The van der Waals surface area contributed by atoms with Gasteiger partial charge in [-0.05, 0) is 44.9 Å². The molecule has 0 unspecified atom stereocenters. The second kappa shape index (κ2) is 7.24. The largest absolute Gasteiger partial charge is 0.480 e. The Labute approximate surface area is 129 Å². The van der Waals surface area contributed by atoms with E-state index in [9.17, 15) is 19.1 Å². The van der Waals surface area contributed by atoms with Crippen LogP contribution in [0.4, 0.5) is 9.18 Å². The maximum atomic E-state index is 13.0. The molecule has 1 aromatic carbocycles. The number of aliphatic carboxylic acids is 1. The number of rotatable bonds is 5. The summed E-state index contributed by atoms with van der Waals surface area (Å²) in [6.07, 6.45) is -0.321. The lowest BCUT2D eigenvalue weighted by atomic mass is 9.89. The van der Waals surface area contributed by atoms with Crippen molar-refractivity contribution in [3.8, 4) is 0 Å². The molecule has 0 aliphatic rings. The fourth-order valence-corrected chi connectivity index (χ4v) is 2.14. The molecule has 0 fully saturated rings. The molecule has 0 aliphatic carbocycles. The van der Waals surface area contributed by atoms with Gasteiger partial charge in [-0.2, -0.15) is 0 Å². The molecule has 5 nitrogen and oxygen atoms in total. The van der Waals surface area contributed by atoms with Crippen molar-refractivity contribution >= 4 is 12.1 Å². The molecule has 6 heteroatoms. The Bertz CT molecular complexity index is 522. The lowest BCUT2D eigenvalue weighted by Gasteiger charge is -2.26. The SMILES string of the molecule is CC[C@@H](c1ccc(F)cc1)[C@H](NC(=O)OC(C)(C)C)C(=O)O. The van der Waals surface area contributed by atoms with Crippen LogP contribution in [-0.4, -0.2) is 28.8 Å². The van der Waals surface area contributed by atoms with Gasteiger partial charge in [0.25, 0.3) is 0 Å². The Morgan fingerprint density at radius 3 is 2.23 bits per heavy atom. The summed E-state index contributed by atoms with van der Waals surface area (Å²) in [7, 11) is 0. The normalized spacial score (nSPS) is 14.0. The van der Waals surface area contributed by atoms with Crippen LogP contribution in [0.15, 0.2) is 24.3 Å². The van der Waals surface area contributed by atoms with Gasteiger partial charge in [-0.15, -0.1) is 0 Å². The fraction of sp³-hybridized carbons (Fsp3) is 0.500. The van der Waals surface area contributed by atoms with Gasteiger partial charge in [0.2, 0.25) is 0 Å². The molecule has 0 spiro atoms. The Hall–Kier alpha value is -2.11. The van der Waals surface area contributed by atoms with Crippen molar-refractivity contribution in [3.05, 3.63) is 35.6 Å². The molecule has 122 valence electrons. The number of hydrogen-bond donors (Lipinski definition) is 2. The molecule has 2 N–H and O–H groups in total. The number of hydrogen-bond acceptors (Lipinski definition) is 3. The van der Waals surface area contributed by atoms with Crippen molar-refractivity contribution in [1.82, 2.24) is 5.32 Å². The van der Waals surface area contributed by atoms with Crippen molar-refractivity contribution in [2.45, 2.75) is 51.7 Å². The Kier molecular flexibility index (Phi) is 5.91. The van der Waals surface area contributed by atoms with Gasteiger partial charge in [0.15, 0.2) is 0 Å². The Balaban J connectivity index is 2.94. The number of benzene rings is 1. The number of carbonyl (C=O) groups is 2. The summed E-state index contributed by atoms with van der Waals surface area (Å²) < 4.78 is 18.1. The molecule has 1 amide bonds. The van der Waals surface area contributed by atoms with E-state index >= 15 is 0 Å². The van der Waals surface area contributed by atoms with Crippen LogP contribution in [0.25, 0.3) is 0 Å². The van der Waals surface area contributed by atoms with E-state index in [1.165, 1.54) is 24.3 Å². The van der Waals surface area contributed by atoms with Crippen molar-refractivity contribution in [2.75, 3.05) is 0 Å². The number of amides is 1. The molecule has 1 aromatic rings. The smallest absolute Gasteiger partial charge is 0.408 e. The van der Waals surface area contributed by atoms with Gasteiger partial charge >= 0.3 is 12.1 Å². The minimum absolute atomic E-state index is 0.398. The van der Waals surface area contributed by atoms with Crippen molar-refractivity contribution in [1.29, 1.82) is 0 Å². The Morgan fingerprint density at radius 1 is 1.27 bits per heavy atom. The molecule has 2 atom stereocenters. The minimum Gasteiger partial charge on any atom is -0.480 e. The topological polar surface area (TPSA) is 75.6 Å². The van der Waals surface area contributed by atoms with Gasteiger partial charge in [0, 0.05) is 5.92 Å². The summed E-state index contributed by atoms with van der Waals surface area (Å²) in [6.45, 7) is 6.89. The zero-order chi connectivity index (χ0) is 16.9. The number of ether oxygens (including phenoxy) is 1. The van der Waals surface area contributed by atoms with E-state index in [1.807, 2.05) is 0 Å². The van der Waals surface area contributed by atoms with E-state index in [0.29, 0.717) is 12.0 Å². The number of halogens is 1. The highest BCUT2D eigenvalue weighted by molar-refractivity contribution is 5.81. The minimum atomic E-state index is -1.16. The summed E-state index contributed by atoms with van der Waals surface area (Å²) in [6, 6.07) is 4.44. The van der Waals surface area contributed by atoms with Crippen LogP contribution in [0.2, 0.25) is 0 Å². The first kappa shape index (κ1) is 17.9. The van der Waals surface area contributed by atoms with Crippen molar-refractivity contribution < 1.29 is 23.8 Å².